The van der Waals surface area contributed by atoms with Crippen molar-refractivity contribution in [3.8, 4) is 11.8 Å². The van der Waals surface area contributed by atoms with Gasteiger partial charge in [-0.1, -0.05) is 0 Å². The Hall–Kier alpha value is -2.10. The van der Waals surface area contributed by atoms with Crippen LogP contribution in [-0.4, -0.2) is 55.3 Å². The van der Waals surface area contributed by atoms with E-state index in [2.05, 4.69) is 15.0 Å². The Labute approximate surface area is 142 Å². The minimum absolute atomic E-state index is 0.0597. The molecule has 0 saturated carbocycles. The maximum Gasteiger partial charge on any atom is 0.422 e. The first kappa shape index (κ1) is 19.2. The number of carbonyl (C=O) groups excluding carboxylic acids is 1. The standard InChI is InChI=1S/C15H19F4N3O3/c1-22-5-3-4-11(22)12(23)20-7-9-6-10(16)14(21-13(9)24-2)25-8-15(17,18)19/h6,11H,3-5,7-8H2,1-2H3,(H,20,23). The smallest absolute Gasteiger partial charge is 0.422 e. The number of carbonyl (C=O) groups is 1. The molecule has 1 fully saturated rings. The van der Waals surface area contributed by atoms with Gasteiger partial charge >= 0.3 is 6.18 Å². The van der Waals surface area contributed by atoms with Crippen molar-refractivity contribution in [1.29, 1.82) is 0 Å². The normalized spacial score (nSPS) is 18.2. The minimum Gasteiger partial charge on any atom is -0.481 e. The minimum atomic E-state index is -4.61. The SMILES string of the molecule is COc1nc(OCC(F)(F)F)c(F)cc1CNC(=O)C1CCCN1C. The van der Waals surface area contributed by atoms with E-state index >= 15 is 0 Å². The molecule has 0 aliphatic carbocycles. The summed E-state index contributed by atoms with van der Waals surface area (Å²) in [6.07, 6.45) is -2.96. The highest BCUT2D eigenvalue weighted by Crippen LogP contribution is 2.25. The number of nitrogens with one attached hydrogen (secondary N) is 1. The van der Waals surface area contributed by atoms with E-state index in [1.807, 2.05) is 11.9 Å². The van der Waals surface area contributed by atoms with Crippen LogP contribution in [-0.2, 0) is 11.3 Å². The van der Waals surface area contributed by atoms with Crippen molar-refractivity contribution in [2.24, 2.45) is 0 Å². The molecule has 1 amide bonds. The van der Waals surface area contributed by atoms with E-state index in [0.29, 0.717) is 0 Å². The Morgan fingerprint density at radius 1 is 1.44 bits per heavy atom. The lowest BCUT2D eigenvalue weighted by atomic mass is 10.2. The van der Waals surface area contributed by atoms with Crippen molar-refractivity contribution in [2.45, 2.75) is 31.6 Å². The van der Waals surface area contributed by atoms with Gasteiger partial charge in [-0.15, -0.1) is 0 Å². The second kappa shape index (κ2) is 7.85. The number of aromatic nitrogens is 1. The first-order valence-electron chi connectivity index (χ1n) is 7.62. The van der Waals surface area contributed by atoms with Crippen LogP contribution < -0.4 is 14.8 Å². The quantitative estimate of drug-likeness (QED) is 0.780. The molecule has 0 bridgehead atoms. The maximum atomic E-state index is 13.9. The zero-order valence-electron chi connectivity index (χ0n) is 13.8. The average Bonchev–Trinajstić information content (AvgIpc) is 2.96. The van der Waals surface area contributed by atoms with Crippen LogP contribution in [0.4, 0.5) is 17.6 Å². The van der Waals surface area contributed by atoms with Gasteiger partial charge in [-0.25, -0.2) is 4.39 Å². The fraction of sp³-hybridized carbons (Fsp3) is 0.600. The molecular weight excluding hydrogens is 346 g/mol. The molecule has 6 nitrogen and oxygen atoms in total. The molecule has 25 heavy (non-hydrogen) atoms. The summed E-state index contributed by atoms with van der Waals surface area (Å²) in [4.78, 5) is 17.7. The molecule has 10 heteroatoms. The third kappa shape index (κ3) is 5.18. The topological polar surface area (TPSA) is 63.7 Å². The number of methoxy groups -OCH3 is 1. The summed E-state index contributed by atoms with van der Waals surface area (Å²) in [5, 5.41) is 2.66. The number of ether oxygens (including phenoxy) is 2. The number of halogens is 4. The number of rotatable bonds is 6. The fourth-order valence-corrected chi connectivity index (χ4v) is 2.59. The molecule has 1 saturated heterocycles. The first-order chi connectivity index (χ1) is 11.7. The van der Waals surface area contributed by atoms with Crippen molar-refractivity contribution in [3.05, 3.63) is 17.4 Å². The van der Waals surface area contributed by atoms with E-state index in [1.165, 1.54) is 7.11 Å². The van der Waals surface area contributed by atoms with Crippen molar-refractivity contribution in [1.82, 2.24) is 15.2 Å². The lowest BCUT2D eigenvalue weighted by Crippen LogP contribution is -2.41. The van der Waals surface area contributed by atoms with Gasteiger partial charge in [0.1, 0.15) is 0 Å². The summed E-state index contributed by atoms with van der Waals surface area (Å²) < 4.78 is 59.7. The summed E-state index contributed by atoms with van der Waals surface area (Å²) >= 11 is 0. The zero-order chi connectivity index (χ0) is 18.6. The molecule has 0 aromatic carbocycles. The molecule has 1 aliphatic heterocycles. The highest BCUT2D eigenvalue weighted by Gasteiger charge is 2.30. The number of nitrogens with zero attached hydrogens (tertiary/aromatic N) is 2. The first-order valence-corrected chi connectivity index (χ1v) is 7.62. The predicted molar refractivity (Wildman–Crippen MR) is 79.8 cm³/mol. The number of pyridine rings is 1. The van der Waals surface area contributed by atoms with Crippen LogP contribution in [0.5, 0.6) is 11.8 Å². The van der Waals surface area contributed by atoms with E-state index in [0.717, 1.165) is 25.5 Å². The van der Waals surface area contributed by atoms with Crippen molar-refractivity contribution < 1.29 is 31.8 Å². The molecule has 0 spiro atoms. The number of likely N-dealkylation sites (N-methyl/N-ethyl adjacent to an activating group) is 1. The summed E-state index contributed by atoms with van der Waals surface area (Å²) in [6.45, 7) is -0.900. The van der Waals surface area contributed by atoms with Crippen LogP contribution in [0.1, 0.15) is 18.4 Å². The number of hydrogen-bond donors (Lipinski definition) is 1. The maximum absolute atomic E-state index is 13.9. The monoisotopic (exact) mass is 365 g/mol. The molecule has 140 valence electrons. The van der Waals surface area contributed by atoms with Crippen LogP contribution in [0.2, 0.25) is 0 Å². The van der Waals surface area contributed by atoms with E-state index in [-0.39, 0.29) is 29.9 Å². The van der Waals surface area contributed by atoms with Crippen LogP contribution in [0, 0.1) is 5.82 Å². The Morgan fingerprint density at radius 3 is 2.72 bits per heavy atom. The average molecular weight is 365 g/mol. The van der Waals surface area contributed by atoms with Gasteiger partial charge in [0.05, 0.1) is 13.2 Å². The number of amides is 1. The van der Waals surface area contributed by atoms with Gasteiger partial charge in [0.15, 0.2) is 12.4 Å². The molecule has 1 atom stereocenters. The Morgan fingerprint density at radius 2 is 2.16 bits per heavy atom. The van der Waals surface area contributed by atoms with Gasteiger partial charge in [-0.05, 0) is 32.5 Å². The molecule has 2 rings (SSSR count). The van der Waals surface area contributed by atoms with Gasteiger partial charge in [-0.2, -0.15) is 18.2 Å². The Kier molecular flexibility index (Phi) is 6.04. The van der Waals surface area contributed by atoms with Gasteiger partial charge in [0.25, 0.3) is 5.88 Å². The number of alkyl halides is 3. The molecule has 1 unspecified atom stereocenters. The van der Waals surface area contributed by atoms with Crippen LogP contribution in [0.3, 0.4) is 0 Å². The van der Waals surface area contributed by atoms with Crippen molar-refractivity contribution >= 4 is 5.91 Å². The number of hydrogen-bond acceptors (Lipinski definition) is 5. The molecular formula is C15H19F4N3O3. The fourth-order valence-electron chi connectivity index (χ4n) is 2.59. The van der Waals surface area contributed by atoms with E-state index in [4.69, 9.17) is 4.74 Å². The van der Waals surface area contributed by atoms with Gasteiger partial charge in [0.2, 0.25) is 11.8 Å². The molecule has 1 aromatic rings. The molecule has 1 N–H and O–H groups in total. The van der Waals surface area contributed by atoms with E-state index in [1.54, 1.807) is 0 Å². The van der Waals surface area contributed by atoms with Gasteiger partial charge in [0, 0.05) is 12.1 Å². The van der Waals surface area contributed by atoms with Gasteiger partial charge in [-0.3, -0.25) is 9.69 Å². The third-order valence-electron chi connectivity index (χ3n) is 3.83. The second-order valence-corrected chi connectivity index (χ2v) is 5.70. The largest absolute Gasteiger partial charge is 0.481 e. The Balaban J connectivity index is 2.05. The third-order valence-corrected chi connectivity index (χ3v) is 3.83. The molecule has 2 heterocycles. The molecule has 1 aliphatic rings. The van der Waals surface area contributed by atoms with Crippen LogP contribution >= 0.6 is 0 Å². The predicted octanol–water partition coefficient (Wildman–Crippen LogP) is 1.88. The Bertz CT molecular complexity index is 625. The second-order valence-electron chi connectivity index (χ2n) is 5.70. The summed E-state index contributed by atoms with van der Waals surface area (Å²) in [5.74, 6) is -2.19. The highest BCUT2D eigenvalue weighted by atomic mass is 19.4. The highest BCUT2D eigenvalue weighted by molar-refractivity contribution is 5.82. The van der Waals surface area contributed by atoms with Crippen LogP contribution in [0.25, 0.3) is 0 Å². The zero-order valence-corrected chi connectivity index (χ0v) is 13.8. The molecule has 1 aromatic heterocycles. The van der Waals surface area contributed by atoms with E-state index in [9.17, 15) is 22.4 Å². The van der Waals surface area contributed by atoms with Gasteiger partial charge < -0.3 is 14.8 Å². The van der Waals surface area contributed by atoms with Crippen LogP contribution in [0.15, 0.2) is 6.07 Å². The summed E-state index contributed by atoms with van der Waals surface area (Å²) in [5.41, 5.74) is 0.202. The van der Waals surface area contributed by atoms with E-state index < -0.39 is 24.5 Å². The van der Waals surface area contributed by atoms with Crippen molar-refractivity contribution in [3.63, 3.8) is 0 Å². The summed E-state index contributed by atoms with van der Waals surface area (Å²) in [6, 6.07) is 0.689. The number of likely N-dealkylation sites (tertiary alicyclic amines) is 1. The lowest BCUT2D eigenvalue weighted by molar-refractivity contribution is -0.154. The van der Waals surface area contributed by atoms with Crippen molar-refractivity contribution in [2.75, 3.05) is 27.3 Å². The summed E-state index contributed by atoms with van der Waals surface area (Å²) in [7, 11) is 3.08. The molecule has 0 radical (unpaired) electrons. The lowest BCUT2D eigenvalue weighted by Gasteiger charge is -2.19.